The van der Waals surface area contributed by atoms with Crippen molar-refractivity contribution in [1.29, 1.82) is 0 Å². The minimum atomic E-state index is -0.726. The number of benzene rings is 1. The molecule has 0 radical (unpaired) electrons. The third kappa shape index (κ3) is 4.68. The van der Waals surface area contributed by atoms with E-state index in [9.17, 15) is 14.0 Å². The lowest BCUT2D eigenvalue weighted by Crippen LogP contribution is -2.38. The van der Waals surface area contributed by atoms with Gasteiger partial charge < -0.3 is 14.5 Å². The van der Waals surface area contributed by atoms with Gasteiger partial charge in [0.05, 0.1) is 0 Å². The molecule has 0 saturated heterocycles. The Bertz CT molecular complexity index is 706. The summed E-state index contributed by atoms with van der Waals surface area (Å²) >= 11 is 0. The van der Waals surface area contributed by atoms with Crippen molar-refractivity contribution in [3.8, 4) is 11.3 Å². The molecule has 0 spiro atoms. The van der Waals surface area contributed by atoms with Gasteiger partial charge in [0.2, 0.25) is 5.76 Å². The van der Waals surface area contributed by atoms with E-state index < -0.39 is 5.97 Å². The predicted octanol–water partition coefficient (Wildman–Crippen LogP) is 3.40. The second kappa shape index (κ2) is 7.77. The van der Waals surface area contributed by atoms with Gasteiger partial charge in [-0.3, -0.25) is 4.79 Å². The van der Waals surface area contributed by atoms with E-state index in [4.69, 9.17) is 9.15 Å². The van der Waals surface area contributed by atoms with Gasteiger partial charge >= 0.3 is 5.97 Å². The van der Waals surface area contributed by atoms with Crippen LogP contribution in [0.1, 0.15) is 31.3 Å². The Balaban J connectivity index is 1.92. The highest BCUT2D eigenvalue weighted by Gasteiger charge is 2.17. The summed E-state index contributed by atoms with van der Waals surface area (Å²) in [6.45, 7) is 5.47. The van der Waals surface area contributed by atoms with E-state index in [-0.39, 0.29) is 36.1 Å². The van der Waals surface area contributed by atoms with Crippen molar-refractivity contribution in [2.75, 3.05) is 6.61 Å². The van der Waals surface area contributed by atoms with Crippen LogP contribution in [0.4, 0.5) is 4.39 Å². The second-order valence-electron chi connectivity index (χ2n) is 5.85. The molecule has 6 heteroatoms. The fraction of sp³-hybridized carbons (Fsp3) is 0.333. The van der Waals surface area contributed by atoms with Crippen LogP contribution in [-0.2, 0) is 9.53 Å². The molecule has 1 amide bonds. The van der Waals surface area contributed by atoms with Crippen LogP contribution >= 0.6 is 0 Å². The number of esters is 1. The third-order valence-corrected chi connectivity index (χ3v) is 3.66. The second-order valence-corrected chi connectivity index (χ2v) is 5.85. The van der Waals surface area contributed by atoms with Crippen molar-refractivity contribution in [3.63, 3.8) is 0 Å². The molecule has 1 aromatic heterocycles. The number of nitrogens with one attached hydrogen (secondary N) is 1. The van der Waals surface area contributed by atoms with Gasteiger partial charge in [-0.1, -0.05) is 13.8 Å². The smallest absolute Gasteiger partial charge is 0.374 e. The van der Waals surface area contributed by atoms with E-state index in [0.29, 0.717) is 11.3 Å². The Morgan fingerprint density at radius 3 is 2.42 bits per heavy atom. The summed E-state index contributed by atoms with van der Waals surface area (Å²) in [5, 5.41) is 2.74. The normalized spacial score (nSPS) is 12.0. The van der Waals surface area contributed by atoms with Crippen LogP contribution in [0.15, 0.2) is 40.8 Å². The van der Waals surface area contributed by atoms with Crippen LogP contribution in [0.5, 0.6) is 0 Å². The van der Waals surface area contributed by atoms with E-state index in [2.05, 4.69) is 5.32 Å². The molecule has 0 aliphatic carbocycles. The zero-order valence-corrected chi connectivity index (χ0v) is 13.8. The lowest BCUT2D eigenvalue weighted by molar-refractivity contribution is -0.125. The molecule has 5 nitrogen and oxygen atoms in total. The van der Waals surface area contributed by atoms with Gasteiger partial charge in [-0.25, -0.2) is 9.18 Å². The van der Waals surface area contributed by atoms with Gasteiger partial charge in [-0.15, -0.1) is 0 Å². The highest BCUT2D eigenvalue weighted by atomic mass is 19.1. The Morgan fingerprint density at radius 2 is 1.79 bits per heavy atom. The molecule has 0 bridgehead atoms. The zero-order valence-electron chi connectivity index (χ0n) is 13.8. The first-order chi connectivity index (χ1) is 11.4. The number of rotatable bonds is 6. The lowest BCUT2D eigenvalue weighted by atomic mass is 10.1. The maximum Gasteiger partial charge on any atom is 0.374 e. The van der Waals surface area contributed by atoms with Crippen LogP contribution in [0.25, 0.3) is 11.3 Å². The standard InChI is InChI=1S/C18H20FNO4/c1-11(2)12(3)20-17(21)10-23-18(22)16-9-8-15(24-16)13-4-6-14(19)7-5-13/h4-9,11-12H,10H2,1-3H3,(H,20,21). The number of furan rings is 1. The summed E-state index contributed by atoms with van der Waals surface area (Å²) in [5.74, 6) is -0.760. The van der Waals surface area contributed by atoms with Crippen molar-refractivity contribution >= 4 is 11.9 Å². The summed E-state index contributed by atoms with van der Waals surface area (Å²) in [4.78, 5) is 23.6. The summed E-state index contributed by atoms with van der Waals surface area (Å²) < 4.78 is 23.2. The fourth-order valence-corrected chi connectivity index (χ4v) is 1.88. The van der Waals surface area contributed by atoms with Crippen molar-refractivity contribution in [2.45, 2.75) is 26.8 Å². The summed E-state index contributed by atoms with van der Waals surface area (Å²) in [6.07, 6.45) is 0. The van der Waals surface area contributed by atoms with Gasteiger partial charge in [0.25, 0.3) is 5.91 Å². The van der Waals surface area contributed by atoms with E-state index in [1.807, 2.05) is 20.8 Å². The maximum absolute atomic E-state index is 12.9. The van der Waals surface area contributed by atoms with Crippen LogP contribution in [0.2, 0.25) is 0 Å². The van der Waals surface area contributed by atoms with E-state index >= 15 is 0 Å². The van der Waals surface area contributed by atoms with Crippen LogP contribution in [0.3, 0.4) is 0 Å². The highest BCUT2D eigenvalue weighted by molar-refractivity contribution is 5.89. The summed E-state index contributed by atoms with van der Waals surface area (Å²) in [7, 11) is 0. The van der Waals surface area contributed by atoms with Gasteiger partial charge in [0, 0.05) is 11.6 Å². The molecular formula is C18H20FNO4. The molecule has 0 saturated carbocycles. The summed E-state index contributed by atoms with van der Waals surface area (Å²) in [6, 6.07) is 8.73. The Morgan fingerprint density at radius 1 is 1.12 bits per heavy atom. The first-order valence-corrected chi connectivity index (χ1v) is 7.69. The molecule has 128 valence electrons. The van der Waals surface area contributed by atoms with Crippen LogP contribution in [0, 0.1) is 11.7 Å². The molecule has 1 aromatic carbocycles. The Labute approximate surface area is 139 Å². The van der Waals surface area contributed by atoms with E-state index in [1.54, 1.807) is 18.2 Å². The monoisotopic (exact) mass is 333 g/mol. The molecule has 1 unspecified atom stereocenters. The molecule has 1 N–H and O–H groups in total. The molecular weight excluding hydrogens is 313 g/mol. The molecule has 0 aliphatic heterocycles. The number of amides is 1. The fourth-order valence-electron chi connectivity index (χ4n) is 1.88. The Kier molecular flexibility index (Phi) is 5.73. The lowest BCUT2D eigenvalue weighted by Gasteiger charge is -2.17. The van der Waals surface area contributed by atoms with Gasteiger partial charge in [0.15, 0.2) is 6.61 Å². The van der Waals surface area contributed by atoms with Gasteiger partial charge in [-0.05, 0) is 49.2 Å². The number of ether oxygens (including phenoxy) is 1. The number of carbonyl (C=O) groups excluding carboxylic acids is 2. The Hall–Kier alpha value is -2.63. The molecule has 1 heterocycles. The van der Waals surface area contributed by atoms with Crippen molar-refractivity contribution in [1.82, 2.24) is 5.32 Å². The average Bonchev–Trinajstić information content (AvgIpc) is 3.03. The average molecular weight is 333 g/mol. The van der Waals surface area contributed by atoms with Crippen LogP contribution in [-0.4, -0.2) is 24.5 Å². The van der Waals surface area contributed by atoms with Gasteiger partial charge in [-0.2, -0.15) is 0 Å². The largest absolute Gasteiger partial charge is 0.450 e. The van der Waals surface area contributed by atoms with Crippen molar-refractivity contribution in [2.24, 2.45) is 5.92 Å². The minimum absolute atomic E-state index is 0.00936. The molecule has 0 aliphatic rings. The minimum Gasteiger partial charge on any atom is -0.450 e. The maximum atomic E-state index is 12.9. The summed E-state index contributed by atoms with van der Waals surface area (Å²) in [5.41, 5.74) is 0.638. The zero-order chi connectivity index (χ0) is 17.7. The predicted molar refractivity (Wildman–Crippen MR) is 86.8 cm³/mol. The van der Waals surface area contributed by atoms with Crippen LogP contribution < -0.4 is 5.32 Å². The number of carbonyl (C=O) groups is 2. The first kappa shape index (κ1) is 17.7. The molecule has 2 rings (SSSR count). The number of halogens is 1. The number of hydrogen-bond acceptors (Lipinski definition) is 4. The van der Waals surface area contributed by atoms with E-state index in [0.717, 1.165) is 0 Å². The highest BCUT2D eigenvalue weighted by Crippen LogP contribution is 2.22. The van der Waals surface area contributed by atoms with E-state index in [1.165, 1.54) is 18.2 Å². The van der Waals surface area contributed by atoms with Crippen molar-refractivity contribution < 1.29 is 23.1 Å². The molecule has 24 heavy (non-hydrogen) atoms. The first-order valence-electron chi connectivity index (χ1n) is 7.69. The molecule has 1 atom stereocenters. The quantitative estimate of drug-likeness (QED) is 0.823. The van der Waals surface area contributed by atoms with Crippen molar-refractivity contribution in [3.05, 3.63) is 48.0 Å². The number of hydrogen-bond donors (Lipinski definition) is 1. The molecule has 0 fully saturated rings. The third-order valence-electron chi connectivity index (χ3n) is 3.66. The molecule has 2 aromatic rings. The topological polar surface area (TPSA) is 68.5 Å². The van der Waals surface area contributed by atoms with Gasteiger partial charge in [0.1, 0.15) is 11.6 Å². The SMILES string of the molecule is CC(C)C(C)NC(=O)COC(=O)c1ccc(-c2ccc(F)cc2)o1.